The van der Waals surface area contributed by atoms with Crippen LogP contribution in [0.5, 0.6) is 0 Å². The largest absolute Gasteiger partial charge is 0.462 e. The van der Waals surface area contributed by atoms with Crippen LogP contribution in [0.3, 0.4) is 0 Å². The summed E-state index contributed by atoms with van der Waals surface area (Å²) in [6.07, 6.45) is 0.400. The number of thioether (sulfide) groups is 1. The van der Waals surface area contributed by atoms with Gasteiger partial charge in [0.2, 0.25) is 0 Å². The van der Waals surface area contributed by atoms with Gasteiger partial charge in [-0.2, -0.15) is 18.4 Å². The van der Waals surface area contributed by atoms with Crippen molar-refractivity contribution in [1.82, 2.24) is 0 Å². The number of alkyl halides is 3. The summed E-state index contributed by atoms with van der Waals surface area (Å²) in [6, 6.07) is 4.26. The monoisotopic (exact) mass is 303 g/mol. The third kappa shape index (κ3) is 4.17. The number of halogens is 3. The van der Waals surface area contributed by atoms with E-state index in [1.54, 1.807) is 13.8 Å². The van der Waals surface area contributed by atoms with Crippen molar-refractivity contribution in [3.05, 3.63) is 28.8 Å². The second-order valence-electron chi connectivity index (χ2n) is 3.74. The Balaban J connectivity index is 3.37. The first kappa shape index (κ1) is 16.4. The molecule has 1 aromatic carbocycles. The topological polar surface area (TPSA) is 50.1 Å². The third-order valence-corrected chi connectivity index (χ3v) is 3.22. The SMILES string of the molecule is CCOC(=O)c1cc(C#N)c(CC)cc1SC(F)(F)F. The molecular formula is C13H12F3NO2S. The fraction of sp³-hybridized carbons (Fsp3) is 0.385. The molecule has 0 saturated carbocycles. The molecule has 7 heteroatoms. The van der Waals surface area contributed by atoms with Crippen molar-refractivity contribution >= 4 is 17.7 Å². The van der Waals surface area contributed by atoms with Gasteiger partial charge in [0.1, 0.15) is 0 Å². The molecule has 0 aliphatic rings. The maximum Gasteiger partial charge on any atom is 0.446 e. The molecule has 3 nitrogen and oxygen atoms in total. The second-order valence-corrected chi connectivity index (χ2v) is 4.85. The smallest absolute Gasteiger partial charge is 0.446 e. The lowest BCUT2D eigenvalue weighted by Gasteiger charge is -2.13. The number of hydrogen-bond donors (Lipinski definition) is 0. The molecule has 0 heterocycles. The normalized spacial score (nSPS) is 11.0. The van der Waals surface area contributed by atoms with Crippen LogP contribution in [0, 0.1) is 11.3 Å². The van der Waals surface area contributed by atoms with Crippen LogP contribution >= 0.6 is 11.8 Å². The number of carbonyl (C=O) groups is 1. The van der Waals surface area contributed by atoms with Crippen LogP contribution in [0.25, 0.3) is 0 Å². The summed E-state index contributed by atoms with van der Waals surface area (Å²) in [7, 11) is 0. The number of carbonyl (C=O) groups excluding carboxylic acids is 1. The molecule has 1 rings (SSSR count). The van der Waals surface area contributed by atoms with Gasteiger partial charge in [0, 0.05) is 4.90 Å². The highest BCUT2D eigenvalue weighted by Gasteiger charge is 2.32. The number of rotatable bonds is 4. The summed E-state index contributed by atoms with van der Waals surface area (Å²) in [6.45, 7) is 3.33. The second kappa shape index (κ2) is 6.66. The van der Waals surface area contributed by atoms with E-state index in [9.17, 15) is 18.0 Å². The predicted octanol–water partition coefficient (Wildman–Crippen LogP) is 3.91. The fourth-order valence-corrected chi connectivity index (χ4v) is 2.30. The van der Waals surface area contributed by atoms with Crippen molar-refractivity contribution in [3.63, 3.8) is 0 Å². The first-order chi connectivity index (χ1) is 9.32. The minimum Gasteiger partial charge on any atom is -0.462 e. The van der Waals surface area contributed by atoms with Gasteiger partial charge < -0.3 is 4.74 Å². The maximum atomic E-state index is 12.5. The minimum absolute atomic E-state index is 0.0480. The number of ether oxygens (including phenoxy) is 1. The number of benzene rings is 1. The van der Waals surface area contributed by atoms with Crippen LogP contribution in [0.2, 0.25) is 0 Å². The van der Waals surface area contributed by atoms with Gasteiger partial charge in [0.25, 0.3) is 0 Å². The third-order valence-electron chi connectivity index (χ3n) is 2.43. The van der Waals surface area contributed by atoms with E-state index in [-0.39, 0.29) is 34.4 Å². The fourth-order valence-electron chi connectivity index (χ4n) is 1.60. The molecule has 0 unspecified atom stereocenters. The van der Waals surface area contributed by atoms with Gasteiger partial charge in [-0.15, -0.1) is 0 Å². The number of esters is 1. The lowest BCUT2D eigenvalue weighted by atomic mass is 10.0. The Kier molecular flexibility index (Phi) is 5.45. The molecule has 0 aliphatic carbocycles. The molecule has 0 fully saturated rings. The molecule has 0 aromatic heterocycles. The van der Waals surface area contributed by atoms with Crippen molar-refractivity contribution in [2.45, 2.75) is 30.7 Å². The molecule has 0 atom stereocenters. The first-order valence-corrected chi connectivity index (χ1v) is 6.63. The van der Waals surface area contributed by atoms with Gasteiger partial charge in [-0.1, -0.05) is 6.92 Å². The molecule has 0 saturated heterocycles. The van der Waals surface area contributed by atoms with E-state index in [2.05, 4.69) is 0 Å². The van der Waals surface area contributed by atoms with E-state index in [1.807, 2.05) is 6.07 Å². The average molecular weight is 303 g/mol. The Morgan fingerprint density at radius 2 is 2.05 bits per heavy atom. The zero-order valence-electron chi connectivity index (χ0n) is 10.9. The minimum atomic E-state index is -4.51. The van der Waals surface area contributed by atoms with Crippen molar-refractivity contribution in [1.29, 1.82) is 5.26 Å². The van der Waals surface area contributed by atoms with Gasteiger partial charge in [-0.05, 0) is 42.8 Å². The van der Waals surface area contributed by atoms with E-state index < -0.39 is 11.5 Å². The molecule has 0 spiro atoms. The molecule has 0 bridgehead atoms. The zero-order chi connectivity index (χ0) is 15.3. The van der Waals surface area contributed by atoms with Gasteiger partial charge in [0.05, 0.1) is 23.8 Å². The van der Waals surface area contributed by atoms with Gasteiger partial charge in [-0.25, -0.2) is 4.79 Å². The summed E-state index contributed by atoms with van der Waals surface area (Å²) in [5.74, 6) is -0.863. The summed E-state index contributed by atoms with van der Waals surface area (Å²) in [4.78, 5) is 11.5. The van der Waals surface area contributed by atoms with E-state index in [0.717, 1.165) is 6.07 Å². The number of aryl methyl sites for hydroxylation is 1. The molecular weight excluding hydrogens is 291 g/mol. The van der Waals surface area contributed by atoms with Crippen LogP contribution in [0.15, 0.2) is 17.0 Å². The van der Waals surface area contributed by atoms with Crippen LogP contribution in [0.4, 0.5) is 13.2 Å². The van der Waals surface area contributed by atoms with E-state index in [0.29, 0.717) is 12.0 Å². The van der Waals surface area contributed by atoms with Crippen LogP contribution in [-0.2, 0) is 11.2 Å². The van der Waals surface area contributed by atoms with Gasteiger partial charge in [0.15, 0.2) is 0 Å². The van der Waals surface area contributed by atoms with E-state index in [4.69, 9.17) is 10.00 Å². The number of nitriles is 1. The summed E-state index contributed by atoms with van der Waals surface area (Å²) in [5, 5.41) is 8.98. The lowest BCUT2D eigenvalue weighted by Crippen LogP contribution is -2.10. The van der Waals surface area contributed by atoms with Crippen LogP contribution in [0.1, 0.15) is 35.3 Å². The number of hydrogen-bond acceptors (Lipinski definition) is 4. The van der Waals surface area contributed by atoms with Crippen molar-refractivity contribution in [2.75, 3.05) is 6.61 Å². The highest BCUT2D eigenvalue weighted by atomic mass is 32.2. The number of nitrogens with zero attached hydrogens (tertiary/aromatic N) is 1. The summed E-state index contributed by atoms with van der Waals surface area (Å²) in [5.41, 5.74) is -4.10. The summed E-state index contributed by atoms with van der Waals surface area (Å²) < 4.78 is 42.3. The molecule has 0 radical (unpaired) electrons. The molecule has 0 N–H and O–H groups in total. The van der Waals surface area contributed by atoms with E-state index in [1.165, 1.54) is 6.07 Å². The Labute approximate surface area is 118 Å². The first-order valence-electron chi connectivity index (χ1n) is 5.82. The maximum absolute atomic E-state index is 12.5. The Morgan fingerprint density at radius 1 is 1.40 bits per heavy atom. The van der Waals surface area contributed by atoms with Crippen LogP contribution < -0.4 is 0 Å². The molecule has 1 aromatic rings. The highest BCUT2D eigenvalue weighted by Crippen LogP contribution is 2.39. The zero-order valence-corrected chi connectivity index (χ0v) is 11.7. The molecule has 20 heavy (non-hydrogen) atoms. The van der Waals surface area contributed by atoms with Crippen molar-refractivity contribution < 1.29 is 22.7 Å². The van der Waals surface area contributed by atoms with Gasteiger partial charge >= 0.3 is 11.5 Å². The quantitative estimate of drug-likeness (QED) is 0.625. The Hall–Kier alpha value is -1.68. The van der Waals surface area contributed by atoms with E-state index >= 15 is 0 Å². The standard InChI is InChI=1S/C13H12F3NO2S/c1-3-8-6-11(20-13(14,15)16)10(5-9(8)7-17)12(18)19-4-2/h5-6H,3-4H2,1-2H3. The van der Waals surface area contributed by atoms with Crippen molar-refractivity contribution in [3.8, 4) is 6.07 Å². The van der Waals surface area contributed by atoms with Gasteiger partial charge in [-0.3, -0.25) is 0 Å². The predicted molar refractivity (Wildman–Crippen MR) is 68.4 cm³/mol. The average Bonchev–Trinajstić information content (AvgIpc) is 2.36. The summed E-state index contributed by atoms with van der Waals surface area (Å²) >= 11 is -0.380. The van der Waals surface area contributed by atoms with Crippen molar-refractivity contribution in [2.24, 2.45) is 0 Å². The molecule has 0 aliphatic heterocycles. The molecule has 0 amide bonds. The Bertz CT molecular complexity index is 550. The Morgan fingerprint density at radius 3 is 2.50 bits per heavy atom. The highest BCUT2D eigenvalue weighted by molar-refractivity contribution is 8.00. The molecule has 108 valence electrons. The van der Waals surface area contributed by atoms with Crippen LogP contribution in [-0.4, -0.2) is 18.1 Å². The lowest BCUT2D eigenvalue weighted by molar-refractivity contribution is -0.0328.